The highest BCUT2D eigenvalue weighted by Crippen LogP contribution is 2.32. The third-order valence-electron chi connectivity index (χ3n) is 6.37. The molecule has 1 unspecified atom stereocenters. The maximum Gasteiger partial charge on any atom is 0.335 e. The summed E-state index contributed by atoms with van der Waals surface area (Å²) in [7, 11) is 0. The molecule has 9 heteroatoms. The van der Waals surface area contributed by atoms with Gasteiger partial charge in [-0.25, -0.2) is 14.4 Å². The Labute approximate surface area is 213 Å². The Bertz CT molecular complexity index is 1310. The van der Waals surface area contributed by atoms with Gasteiger partial charge in [0.25, 0.3) is 0 Å². The molecule has 3 aromatic carbocycles. The summed E-state index contributed by atoms with van der Waals surface area (Å²) < 4.78 is 0. The van der Waals surface area contributed by atoms with Crippen LogP contribution in [0.4, 0.5) is 16.2 Å². The molecule has 1 atom stereocenters. The van der Waals surface area contributed by atoms with E-state index in [1.807, 2.05) is 61.5 Å². The summed E-state index contributed by atoms with van der Waals surface area (Å²) >= 11 is 0. The van der Waals surface area contributed by atoms with Crippen molar-refractivity contribution in [3.8, 4) is 0 Å². The van der Waals surface area contributed by atoms with Crippen molar-refractivity contribution >= 4 is 35.3 Å². The second-order valence-electron chi connectivity index (χ2n) is 8.98. The third kappa shape index (κ3) is 5.95. The number of carboxylic acid groups (broad SMARTS) is 2. The number of hydrogen-bond acceptors (Lipinski definition) is 4. The highest BCUT2D eigenvalue weighted by molar-refractivity contribution is 6.01. The Balaban J connectivity index is 1.63. The SMILES string of the molecule is CC1CCN(C(=O)Nc2cc(C(=O)O)cc(C(=O)O)c2)CC(=O)N(Cc2ccccc2)c2ccccc21. The van der Waals surface area contributed by atoms with E-state index in [0.29, 0.717) is 13.0 Å². The molecular weight excluding hydrogens is 474 g/mol. The quantitative estimate of drug-likeness (QED) is 0.467. The van der Waals surface area contributed by atoms with Gasteiger partial charge in [0.2, 0.25) is 5.91 Å². The fourth-order valence-corrected chi connectivity index (χ4v) is 4.38. The van der Waals surface area contributed by atoms with Crippen LogP contribution in [0.1, 0.15) is 51.1 Å². The lowest BCUT2D eigenvalue weighted by Gasteiger charge is -2.27. The van der Waals surface area contributed by atoms with E-state index in [1.165, 1.54) is 17.0 Å². The largest absolute Gasteiger partial charge is 0.478 e. The number of amides is 3. The van der Waals surface area contributed by atoms with Crippen molar-refractivity contribution in [3.63, 3.8) is 0 Å². The lowest BCUT2D eigenvalue weighted by molar-refractivity contribution is -0.119. The number of carboxylic acids is 2. The maximum atomic E-state index is 13.6. The van der Waals surface area contributed by atoms with E-state index in [2.05, 4.69) is 5.32 Å². The zero-order valence-corrected chi connectivity index (χ0v) is 20.3. The third-order valence-corrected chi connectivity index (χ3v) is 6.37. The van der Waals surface area contributed by atoms with Crippen LogP contribution in [0.5, 0.6) is 0 Å². The first kappa shape index (κ1) is 25.4. The van der Waals surface area contributed by atoms with E-state index in [0.717, 1.165) is 22.9 Å². The first-order chi connectivity index (χ1) is 17.7. The number of hydrogen-bond donors (Lipinski definition) is 3. The average molecular weight is 502 g/mol. The Hall–Kier alpha value is -4.66. The number of carbonyl (C=O) groups excluding carboxylic acids is 2. The normalized spacial score (nSPS) is 15.7. The number of aromatic carboxylic acids is 2. The first-order valence-corrected chi connectivity index (χ1v) is 11.8. The summed E-state index contributed by atoms with van der Waals surface area (Å²) in [4.78, 5) is 52.8. The van der Waals surface area contributed by atoms with Gasteiger partial charge in [0.15, 0.2) is 0 Å². The van der Waals surface area contributed by atoms with Crippen molar-refractivity contribution < 1.29 is 29.4 Å². The molecular formula is C28H27N3O6. The Morgan fingerprint density at radius 2 is 1.54 bits per heavy atom. The predicted octanol–water partition coefficient (Wildman–Crippen LogP) is 4.66. The fraction of sp³-hybridized carbons (Fsp3) is 0.214. The van der Waals surface area contributed by atoms with Crippen LogP contribution < -0.4 is 10.2 Å². The monoisotopic (exact) mass is 501 g/mol. The summed E-state index contributed by atoms with van der Waals surface area (Å²) in [6, 6.07) is 20.1. The number of nitrogens with one attached hydrogen (secondary N) is 1. The molecule has 190 valence electrons. The summed E-state index contributed by atoms with van der Waals surface area (Å²) in [5.74, 6) is -2.87. The van der Waals surface area contributed by atoms with Gasteiger partial charge in [-0.3, -0.25) is 4.79 Å². The van der Waals surface area contributed by atoms with Gasteiger partial charge in [-0.1, -0.05) is 55.5 Å². The van der Waals surface area contributed by atoms with Crippen LogP contribution in [0, 0.1) is 0 Å². The summed E-state index contributed by atoms with van der Waals surface area (Å²) in [6.45, 7) is 2.45. The molecule has 0 fully saturated rings. The van der Waals surface area contributed by atoms with Crippen LogP contribution in [0.15, 0.2) is 72.8 Å². The minimum atomic E-state index is -1.32. The summed E-state index contributed by atoms with van der Waals surface area (Å²) in [5, 5.41) is 21.2. The number of rotatable bonds is 5. The van der Waals surface area contributed by atoms with Crippen LogP contribution >= 0.6 is 0 Å². The van der Waals surface area contributed by atoms with Gasteiger partial charge in [-0.15, -0.1) is 0 Å². The minimum absolute atomic E-state index is 0.0205. The van der Waals surface area contributed by atoms with E-state index in [4.69, 9.17) is 0 Å². The standard InChI is InChI=1S/C28H27N3O6/c1-18-11-12-30(28(37)29-22-14-20(26(33)34)13-21(15-22)27(35)36)17-25(32)31(16-19-7-3-2-4-8-19)24-10-6-5-9-23(18)24/h2-10,13-15,18H,11-12,16-17H2,1H3,(H,29,37)(H,33,34)(H,35,36). The highest BCUT2D eigenvalue weighted by atomic mass is 16.4. The highest BCUT2D eigenvalue weighted by Gasteiger charge is 2.28. The predicted molar refractivity (Wildman–Crippen MR) is 138 cm³/mol. The van der Waals surface area contributed by atoms with Gasteiger partial charge >= 0.3 is 18.0 Å². The molecule has 37 heavy (non-hydrogen) atoms. The fourth-order valence-electron chi connectivity index (χ4n) is 4.38. The number of anilines is 2. The lowest BCUT2D eigenvalue weighted by Crippen LogP contribution is -2.44. The first-order valence-electron chi connectivity index (χ1n) is 11.8. The number of urea groups is 1. The second kappa shape index (κ2) is 10.9. The molecule has 3 amide bonds. The van der Waals surface area contributed by atoms with Crippen LogP contribution in [-0.4, -0.2) is 52.1 Å². The maximum absolute atomic E-state index is 13.6. The Morgan fingerprint density at radius 3 is 2.19 bits per heavy atom. The molecule has 0 aromatic heterocycles. The number of carbonyl (C=O) groups is 4. The van der Waals surface area contributed by atoms with Crippen molar-refractivity contribution in [2.45, 2.75) is 25.8 Å². The molecule has 1 aliphatic rings. The van der Waals surface area contributed by atoms with Gasteiger partial charge in [0, 0.05) is 17.9 Å². The zero-order chi connectivity index (χ0) is 26.5. The molecule has 0 saturated carbocycles. The molecule has 0 spiro atoms. The number of nitrogens with zero attached hydrogens (tertiary/aromatic N) is 2. The van der Waals surface area contributed by atoms with E-state index in [-0.39, 0.29) is 41.7 Å². The number of fused-ring (bicyclic) bond motifs is 1. The topological polar surface area (TPSA) is 127 Å². The summed E-state index contributed by atoms with van der Waals surface area (Å²) in [6.07, 6.45) is 0.590. The smallest absolute Gasteiger partial charge is 0.335 e. The van der Waals surface area contributed by atoms with Crippen molar-refractivity contribution in [1.82, 2.24) is 4.90 Å². The van der Waals surface area contributed by atoms with Gasteiger partial charge in [0.05, 0.1) is 17.7 Å². The van der Waals surface area contributed by atoms with E-state index < -0.39 is 18.0 Å². The minimum Gasteiger partial charge on any atom is -0.478 e. The van der Waals surface area contributed by atoms with Crippen LogP contribution in [0.2, 0.25) is 0 Å². The molecule has 4 rings (SSSR count). The van der Waals surface area contributed by atoms with Crippen molar-refractivity contribution in [1.29, 1.82) is 0 Å². The van der Waals surface area contributed by atoms with Gasteiger partial charge in [0.1, 0.15) is 6.54 Å². The van der Waals surface area contributed by atoms with Crippen molar-refractivity contribution in [2.24, 2.45) is 0 Å². The van der Waals surface area contributed by atoms with E-state index in [9.17, 15) is 29.4 Å². The molecule has 9 nitrogen and oxygen atoms in total. The zero-order valence-electron chi connectivity index (χ0n) is 20.3. The van der Waals surface area contributed by atoms with Crippen LogP contribution in [0.25, 0.3) is 0 Å². The van der Waals surface area contributed by atoms with Crippen LogP contribution in [0.3, 0.4) is 0 Å². The molecule has 3 aromatic rings. The van der Waals surface area contributed by atoms with Gasteiger partial charge in [-0.2, -0.15) is 0 Å². The Kier molecular flexibility index (Phi) is 7.52. The Morgan fingerprint density at radius 1 is 0.919 bits per heavy atom. The number of benzene rings is 3. The molecule has 0 saturated heterocycles. The van der Waals surface area contributed by atoms with Crippen molar-refractivity contribution in [3.05, 3.63) is 95.1 Å². The second-order valence-corrected chi connectivity index (χ2v) is 8.98. The van der Waals surface area contributed by atoms with Gasteiger partial charge < -0.3 is 25.3 Å². The van der Waals surface area contributed by atoms with E-state index >= 15 is 0 Å². The average Bonchev–Trinajstić information content (AvgIpc) is 2.93. The van der Waals surface area contributed by atoms with Crippen molar-refractivity contribution in [2.75, 3.05) is 23.3 Å². The molecule has 0 radical (unpaired) electrons. The van der Waals surface area contributed by atoms with Gasteiger partial charge in [-0.05, 0) is 47.7 Å². The molecule has 3 N–H and O–H groups in total. The molecule has 0 bridgehead atoms. The van der Waals surface area contributed by atoms with Crippen LogP contribution in [-0.2, 0) is 11.3 Å². The number of para-hydroxylation sites is 1. The molecule has 1 heterocycles. The van der Waals surface area contributed by atoms with E-state index in [1.54, 1.807) is 4.90 Å². The molecule has 1 aliphatic heterocycles. The molecule has 0 aliphatic carbocycles. The summed E-state index contributed by atoms with van der Waals surface area (Å²) in [5.41, 5.74) is 2.23. The lowest BCUT2D eigenvalue weighted by atomic mass is 9.95.